The van der Waals surface area contributed by atoms with Gasteiger partial charge in [0.1, 0.15) is 0 Å². The highest BCUT2D eigenvalue weighted by molar-refractivity contribution is 8.82. The largest absolute Gasteiger partial charge is 0.143 e. The number of allylic oxidation sites excluding steroid dienone is 1. The molecule has 1 aliphatic heterocycles. The van der Waals surface area contributed by atoms with Gasteiger partial charge >= 0.3 is 0 Å². The van der Waals surface area contributed by atoms with Crippen molar-refractivity contribution in [3.8, 4) is 0 Å². The van der Waals surface area contributed by atoms with Gasteiger partial charge in [-0.1, -0.05) is 58.0 Å². The highest BCUT2D eigenvalue weighted by Gasteiger charge is 2.13. The lowest BCUT2D eigenvalue weighted by molar-refractivity contribution is 1.66. The molecule has 0 nitrogen and oxygen atoms in total. The Kier molecular flexibility index (Phi) is 3.41. The zero-order valence-corrected chi connectivity index (χ0v) is 11.4. The van der Waals surface area contributed by atoms with Crippen LogP contribution >= 0.6 is 32.9 Å². The van der Waals surface area contributed by atoms with Gasteiger partial charge in [0.05, 0.1) is 0 Å². The summed E-state index contributed by atoms with van der Waals surface area (Å²) in [6.07, 6.45) is 4.51. The van der Waals surface area contributed by atoms with E-state index in [-0.39, 0.29) is 0 Å². The van der Waals surface area contributed by atoms with Crippen LogP contribution in [0.5, 0.6) is 0 Å². The molecule has 3 heteroatoms. The molecule has 0 bridgehead atoms. The molecule has 84 valence electrons. The Morgan fingerprint density at radius 1 is 0.882 bits per heavy atom. The van der Waals surface area contributed by atoms with Gasteiger partial charge in [0, 0.05) is 14.7 Å². The van der Waals surface area contributed by atoms with Crippen LogP contribution in [0.1, 0.15) is 10.4 Å². The Labute approximate surface area is 113 Å². The van der Waals surface area contributed by atoms with Crippen molar-refractivity contribution in [2.45, 2.75) is 0 Å². The maximum absolute atomic E-state index is 2.27. The molecule has 0 fully saturated rings. The van der Waals surface area contributed by atoms with E-state index in [2.05, 4.69) is 53.9 Å². The highest BCUT2D eigenvalue weighted by Crippen LogP contribution is 2.50. The Morgan fingerprint density at radius 3 is 2.53 bits per heavy atom. The molecular weight excluding hydrogens is 264 g/mol. The molecule has 0 radical (unpaired) electrons. The van der Waals surface area contributed by atoms with Crippen LogP contribution in [0.3, 0.4) is 0 Å². The van der Waals surface area contributed by atoms with Crippen molar-refractivity contribution >= 4 is 43.9 Å². The molecule has 0 atom stereocenters. The molecule has 0 aliphatic carbocycles. The predicted octanol–water partition coefficient (Wildman–Crippen LogP) is 5.53. The lowest BCUT2D eigenvalue weighted by Crippen LogP contribution is -1.70. The third-order valence-electron chi connectivity index (χ3n) is 2.37. The smallest absolute Gasteiger partial charge is 0.0415 e. The fourth-order valence-corrected chi connectivity index (χ4v) is 4.84. The molecule has 2 heterocycles. The quantitative estimate of drug-likeness (QED) is 0.661. The van der Waals surface area contributed by atoms with Crippen LogP contribution in [-0.4, -0.2) is 0 Å². The molecule has 1 aliphatic rings. The van der Waals surface area contributed by atoms with E-state index in [0.717, 1.165) is 0 Å². The van der Waals surface area contributed by atoms with Crippen LogP contribution in [0, 0.1) is 0 Å². The molecule has 0 saturated carbocycles. The van der Waals surface area contributed by atoms with Crippen molar-refractivity contribution in [2.24, 2.45) is 0 Å². The Bertz CT molecular complexity index is 550. The summed E-state index contributed by atoms with van der Waals surface area (Å²) in [5.74, 6) is 0. The fourth-order valence-electron chi connectivity index (χ4n) is 1.58. The zero-order valence-electron chi connectivity index (χ0n) is 9.00. The normalized spacial score (nSPS) is 17.4. The van der Waals surface area contributed by atoms with Crippen molar-refractivity contribution in [3.63, 3.8) is 0 Å². The van der Waals surface area contributed by atoms with E-state index in [1.165, 1.54) is 20.3 Å². The topological polar surface area (TPSA) is 0 Å². The van der Waals surface area contributed by atoms with E-state index in [1.807, 2.05) is 27.7 Å². The molecule has 1 aromatic heterocycles. The highest BCUT2D eigenvalue weighted by atomic mass is 33.1. The van der Waals surface area contributed by atoms with Gasteiger partial charge in [-0.05, 0) is 29.2 Å². The summed E-state index contributed by atoms with van der Waals surface area (Å²) in [6.45, 7) is 0. The van der Waals surface area contributed by atoms with Crippen LogP contribution in [0.4, 0.5) is 0 Å². The van der Waals surface area contributed by atoms with E-state index in [1.54, 1.807) is 11.3 Å². The summed E-state index contributed by atoms with van der Waals surface area (Å²) in [6, 6.07) is 14.7. The van der Waals surface area contributed by atoms with E-state index < -0.39 is 0 Å². The van der Waals surface area contributed by atoms with Crippen LogP contribution in [0.25, 0.3) is 11.0 Å². The van der Waals surface area contributed by atoms with Gasteiger partial charge in [-0.15, -0.1) is 11.3 Å². The summed E-state index contributed by atoms with van der Waals surface area (Å²) in [5, 5.41) is 2.13. The maximum atomic E-state index is 2.27. The van der Waals surface area contributed by atoms with Crippen LogP contribution < -0.4 is 0 Å². The molecular formula is C14H10S3. The average Bonchev–Trinajstić information content (AvgIpc) is 3.00. The fraction of sp³-hybridized carbons (Fsp3) is 0. The molecule has 0 spiro atoms. The number of rotatable bonds is 2. The summed E-state index contributed by atoms with van der Waals surface area (Å²) < 4.78 is 0. The number of hydrogen-bond acceptors (Lipinski definition) is 3. The number of benzene rings is 1. The summed E-state index contributed by atoms with van der Waals surface area (Å²) in [7, 11) is 3.68. The van der Waals surface area contributed by atoms with Crippen LogP contribution in [0.2, 0.25) is 0 Å². The van der Waals surface area contributed by atoms with Crippen molar-refractivity contribution in [3.05, 3.63) is 69.3 Å². The van der Waals surface area contributed by atoms with Gasteiger partial charge in [-0.25, -0.2) is 0 Å². The minimum atomic E-state index is 1.26. The van der Waals surface area contributed by atoms with Gasteiger partial charge in [-0.3, -0.25) is 0 Å². The molecule has 0 unspecified atom stereocenters. The summed E-state index contributed by atoms with van der Waals surface area (Å²) >= 11 is 1.80. The first-order chi connectivity index (χ1) is 8.42. The van der Waals surface area contributed by atoms with Gasteiger partial charge in [0.25, 0.3) is 0 Å². The second-order valence-electron chi connectivity index (χ2n) is 3.61. The van der Waals surface area contributed by atoms with Crippen LogP contribution in [0.15, 0.2) is 58.8 Å². The third-order valence-corrected chi connectivity index (χ3v) is 5.80. The van der Waals surface area contributed by atoms with E-state index >= 15 is 0 Å². The van der Waals surface area contributed by atoms with Gasteiger partial charge in [0.2, 0.25) is 0 Å². The summed E-state index contributed by atoms with van der Waals surface area (Å²) in [5.41, 5.74) is 1.26. The first-order valence-corrected chi connectivity index (χ1v) is 8.31. The van der Waals surface area contributed by atoms with E-state index in [9.17, 15) is 0 Å². The SMILES string of the molecule is C1=C(c2cccs2)SS/C1=C\c1ccccc1. The van der Waals surface area contributed by atoms with E-state index in [0.29, 0.717) is 0 Å². The molecule has 1 aromatic carbocycles. The predicted molar refractivity (Wildman–Crippen MR) is 81.9 cm³/mol. The molecule has 0 saturated heterocycles. The van der Waals surface area contributed by atoms with Gasteiger partial charge in [-0.2, -0.15) is 0 Å². The van der Waals surface area contributed by atoms with Gasteiger partial charge < -0.3 is 0 Å². The molecule has 17 heavy (non-hydrogen) atoms. The first kappa shape index (κ1) is 11.2. The molecule has 3 rings (SSSR count). The van der Waals surface area contributed by atoms with E-state index in [4.69, 9.17) is 0 Å². The standard InChI is InChI=1S/C14H10S3/c1-2-5-11(6-3-1)9-12-10-14(17-16-12)13-7-4-8-15-13/h1-10H/b12-9-. The maximum Gasteiger partial charge on any atom is 0.0415 e. The zero-order chi connectivity index (χ0) is 11.5. The minimum Gasteiger partial charge on any atom is -0.143 e. The average molecular weight is 274 g/mol. The monoisotopic (exact) mass is 274 g/mol. The molecule has 0 N–H and O–H groups in total. The Balaban J connectivity index is 1.86. The third kappa shape index (κ3) is 2.68. The lowest BCUT2D eigenvalue weighted by Gasteiger charge is -1.93. The Hall–Kier alpha value is -0.900. The summed E-state index contributed by atoms with van der Waals surface area (Å²) in [4.78, 5) is 4.05. The second kappa shape index (κ2) is 5.17. The van der Waals surface area contributed by atoms with Crippen molar-refractivity contribution in [1.82, 2.24) is 0 Å². The first-order valence-electron chi connectivity index (χ1n) is 5.29. The number of hydrogen-bond donors (Lipinski definition) is 0. The Morgan fingerprint density at radius 2 is 1.76 bits per heavy atom. The van der Waals surface area contributed by atoms with Crippen LogP contribution in [-0.2, 0) is 0 Å². The molecule has 2 aromatic rings. The van der Waals surface area contributed by atoms with Crippen molar-refractivity contribution in [1.29, 1.82) is 0 Å². The second-order valence-corrected chi connectivity index (χ2v) is 6.80. The minimum absolute atomic E-state index is 1.26. The van der Waals surface area contributed by atoms with Crippen molar-refractivity contribution in [2.75, 3.05) is 0 Å². The lowest BCUT2D eigenvalue weighted by atomic mass is 10.2. The van der Waals surface area contributed by atoms with Gasteiger partial charge in [0.15, 0.2) is 0 Å². The molecule has 0 amide bonds. The van der Waals surface area contributed by atoms with Crippen molar-refractivity contribution < 1.29 is 0 Å². The number of thiophene rings is 1.